The average Bonchev–Trinajstić information content (AvgIpc) is 2.74. The molecule has 1 heterocycles. The van der Waals surface area contributed by atoms with Crippen LogP contribution in [0.1, 0.15) is 5.56 Å². The van der Waals surface area contributed by atoms with Crippen LogP contribution >= 0.6 is 0 Å². The fourth-order valence-electron chi connectivity index (χ4n) is 2.93. The summed E-state index contributed by atoms with van der Waals surface area (Å²) in [5.41, 5.74) is 2.69. The van der Waals surface area contributed by atoms with Gasteiger partial charge in [-0.25, -0.2) is 0 Å². The van der Waals surface area contributed by atoms with Crippen LogP contribution in [0.2, 0.25) is 58.9 Å². The fraction of sp³-hybridized carbons (Fsp3) is 0.526. The van der Waals surface area contributed by atoms with Crippen LogP contribution in [0.5, 0.6) is 0 Å². The van der Waals surface area contributed by atoms with Crippen LogP contribution < -0.4 is 0 Å². The molecular weight excluding hydrogens is 356 g/mol. The molecule has 25 heavy (non-hydrogen) atoms. The van der Waals surface area contributed by atoms with E-state index in [1.807, 2.05) is 0 Å². The zero-order valence-corrected chi connectivity index (χ0v) is 20.4. The molecule has 0 atom stereocenters. The van der Waals surface area contributed by atoms with E-state index >= 15 is 0 Å². The first-order chi connectivity index (χ1) is 11.3. The van der Waals surface area contributed by atoms with Crippen molar-refractivity contribution in [3.05, 3.63) is 36.0 Å². The van der Waals surface area contributed by atoms with Crippen molar-refractivity contribution in [3.8, 4) is 0 Å². The summed E-state index contributed by atoms with van der Waals surface area (Å²) in [6.07, 6.45) is 3.15. The van der Waals surface area contributed by atoms with Gasteiger partial charge >= 0.3 is 0 Å². The molecule has 0 spiro atoms. The van der Waals surface area contributed by atoms with Gasteiger partial charge in [0.15, 0.2) is 22.4 Å². The second-order valence-electron chi connectivity index (χ2n) is 9.78. The number of hydrogen-bond donors (Lipinski definition) is 0. The second-order valence-corrected chi connectivity index (χ2v) is 23.6. The molecule has 0 bridgehead atoms. The lowest BCUT2D eigenvalue weighted by molar-refractivity contribution is 0.540. The van der Waals surface area contributed by atoms with Gasteiger partial charge in [-0.3, -0.25) is 4.66 Å². The van der Waals surface area contributed by atoms with Crippen molar-refractivity contribution in [2.24, 2.45) is 4.66 Å². The number of benzene rings is 1. The van der Waals surface area contributed by atoms with Crippen LogP contribution in [0.3, 0.4) is 0 Å². The standard InChI is InChI=1S/C19H34N2OSi3/c1-23(2,3)20-19(22-25(7,8)9)14-16-15-21(24(4,5)6)18-13-11-10-12-17(16)18/h10-13,15H,14H2,1-9H3/b20-19-. The van der Waals surface area contributed by atoms with E-state index in [9.17, 15) is 0 Å². The maximum absolute atomic E-state index is 6.39. The quantitative estimate of drug-likeness (QED) is 0.352. The maximum atomic E-state index is 6.39. The van der Waals surface area contributed by atoms with Crippen molar-refractivity contribution in [2.45, 2.75) is 65.3 Å². The van der Waals surface area contributed by atoms with E-state index in [4.69, 9.17) is 9.08 Å². The Morgan fingerprint density at radius 1 is 0.960 bits per heavy atom. The largest absolute Gasteiger partial charge is 0.535 e. The zero-order valence-electron chi connectivity index (χ0n) is 17.4. The highest BCUT2D eigenvalue weighted by atomic mass is 28.4. The Kier molecular flexibility index (Phi) is 5.56. The predicted octanol–water partition coefficient (Wildman–Crippen LogP) is 5.95. The van der Waals surface area contributed by atoms with Crippen molar-refractivity contribution >= 4 is 41.6 Å². The van der Waals surface area contributed by atoms with Gasteiger partial charge in [0.05, 0.1) is 0 Å². The molecule has 2 aromatic rings. The topological polar surface area (TPSA) is 26.5 Å². The summed E-state index contributed by atoms with van der Waals surface area (Å²) in [4.78, 5) is 0. The Labute approximate surface area is 156 Å². The van der Waals surface area contributed by atoms with Crippen molar-refractivity contribution in [3.63, 3.8) is 0 Å². The third-order valence-electron chi connectivity index (χ3n) is 3.74. The van der Waals surface area contributed by atoms with Gasteiger partial charge in [-0.15, -0.1) is 0 Å². The van der Waals surface area contributed by atoms with Gasteiger partial charge in [0.25, 0.3) is 0 Å². The number of rotatable bonds is 5. The van der Waals surface area contributed by atoms with Gasteiger partial charge in [-0.1, -0.05) is 37.8 Å². The van der Waals surface area contributed by atoms with Crippen molar-refractivity contribution in [2.75, 3.05) is 0 Å². The molecular formula is C19H34N2OSi3. The third-order valence-corrected chi connectivity index (χ3v) is 7.33. The molecule has 1 aromatic heterocycles. The Bertz CT molecular complexity index is 775. The predicted molar refractivity (Wildman–Crippen MR) is 120 cm³/mol. The molecule has 0 fully saturated rings. The van der Waals surface area contributed by atoms with E-state index in [-0.39, 0.29) is 0 Å². The first-order valence-corrected chi connectivity index (χ1v) is 19.4. The Balaban J connectivity index is 2.51. The minimum Gasteiger partial charge on any atom is -0.535 e. The van der Waals surface area contributed by atoms with E-state index in [0.717, 1.165) is 12.3 Å². The van der Waals surface area contributed by atoms with Crippen LogP contribution in [0.4, 0.5) is 0 Å². The maximum Gasteiger partial charge on any atom is 0.243 e. The highest BCUT2D eigenvalue weighted by Gasteiger charge is 2.25. The molecule has 0 amide bonds. The minimum absolute atomic E-state index is 0.798. The Morgan fingerprint density at radius 3 is 2.08 bits per heavy atom. The summed E-state index contributed by atoms with van der Waals surface area (Å²) in [5, 5.41) is 1.34. The second kappa shape index (κ2) is 6.89. The molecule has 0 saturated carbocycles. The number of para-hydroxylation sites is 1. The van der Waals surface area contributed by atoms with Gasteiger partial charge in [0.2, 0.25) is 8.32 Å². The lowest BCUT2D eigenvalue weighted by Gasteiger charge is -2.23. The van der Waals surface area contributed by atoms with E-state index in [1.165, 1.54) is 16.5 Å². The summed E-state index contributed by atoms with van der Waals surface area (Å²) in [6, 6.07) is 8.75. The van der Waals surface area contributed by atoms with E-state index in [2.05, 4.69) is 93.6 Å². The molecule has 138 valence electrons. The molecule has 1 aromatic carbocycles. The monoisotopic (exact) mass is 390 g/mol. The third kappa shape index (κ3) is 5.69. The van der Waals surface area contributed by atoms with Gasteiger partial charge in [0, 0.05) is 17.3 Å². The van der Waals surface area contributed by atoms with Crippen LogP contribution in [-0.4, -0.2) is 34.9 Å². The van der Waals surface area contributed by atoms with Crippen LogP contribution in [-0.2, 0) is 10.8 Å². The Morgan fingerprint density at radius 2 is 1.56 bits per heavy atom. The number of aromatic nitrogens is 1. The average molecular weight is 391 g/mol. The first-order valence-electron chi connectivity index (χ1n) is 9.13. The molecule has 0 saturated heterocycles. The van der Waals surface area contributed by atoms with Crippen LogP contribution in [0, 0.1) is 0 Å². The zero-order chi connectivity index (χ0) is 19.0. The lowest BCUT2D eigenvalue weighted by atomic mass is 10.1. The molecule has 0 aliphatic heterocycles. The van der Waals surface area contributed by atoms with Gasteiger partial charge in [-0.05, 0) is 57.1 Å². The lowest BCUT2D eigenvalue weighted by Crippen LogP contribution is -2.33. The summed E-state index contributed by atoms with van der Waals surface area (Å²) >= 11 is 0. The summed E-state index contributed by atoms with van der Waals surface area (Å²) in [6.45, 7) is 20.7. The van der Waals surface area contributed by atoms with Crippen LogP contribution in [0.15, 0.2) is 35.1 Å². The van der Waals surface area contributed by atoms with Crippen LogP contribution in [0.25, 0.3) is 10.9 Å². The smallest absolute Gasteiger partial charge is 0.243 e. The number of nitrogens with zero attached hydrogens (tertiary/aromatic N) is 2. The molecule has 0 unspecified atom stereocenters. The summed E-state index contributed by atoms with van der Waals surface area (Å²) in [7, 11) is -4.73. The van der Waals surface area contributed by atoms with E-state index < -0.39 is 24.8 Å². The number of fused-ring (bicyclic) bond motifs is 1. The van der Waals surface area contributed by atoms with Crippen molar-refractivity contribution in [1.82, 2.24) is 4.23 Å². The fourth-order valence-corrected chi connectivity index (χ4v) is 6.18. The minimum atomic E-state index is -1.68. The van der Waals surface area contributed by atoms with Gasteiger partial charge in [0.1, 0.15) is 0 Å². The molecule has 0 aliphatic carbocycles. The van der Waals surface area contributed by atoms with E-state index in [1.54, 1.807) is 0 Å². The summed E-state index contributed by atoms with van der Waals surface area (Å²) in [5.74, 6) is 0.941. The first kappa shape index (κ1) is 20.2. The summed E-state index contributed by atoms with van der Waals surface area (Å²) < 4.78 is 13.9. The molecule has 3 nitrogen and oxygen atoms in total. The molecule has 0 N–H and O–H groups in total. The number of hydrogen-bond acceptors (Lipinski definition) is 2. The molecule has 0 aliphatic rings. The highest BCUT2D eigenvalue weighted by molar-refractivity contribution is 6.76. The van der Waals surface area contributed by atoms with Crippen molar-refractivity contribution in [1.29, 1.82) is 0 Å². The van der Waals surface area contributed by atoms with Crippen molar-refractivity contribution < 1.29 is 4.43 Å². The van der Waals surface area contributed by atoms with Gasteiger partial charge < -0.3 is 8.66 Å². The normalized spacial score (nSPS) is 14.2. The van der Waals surface area contributed by atoms with E-state index in [0.29, 0.717) is 0 Å². The highest BCUT2D eigenvalue weighted by Crippen LogP contribution is 2.26. The molecule has 6 heteroatoms. The Hall–Kier alpha value is -1.12. The molecule has 0 radical (unpaired) electrons. The van der Waals surface area contributed by atoms with Gasteiger partial charge in [-0.2, -0.15) is 0 Å². The molecule has 2 rings (SSSR count). The SMILES string of the molecule is C[Si](C)(C)/N=C(/Cc1cn([Si](C)(C)C)c2ccccc12)O[Si](C)(C)C.